The van der Waals surface area contributed by atoms with E-state index in [0.717, 1.165) is 23.9 Å². The fraction of sp³-hybridized carbons (Fsp3) is 0.0714. The number of rotatable bonds is 5. The van der Waals surface area contributed by atoms with Gasteiger partial charge in [-0.05, 0) is 29.8 Å². The topological polar surface area (TPSA) is 76.0 Å². The number of nitrogens with one attached hydrogen (secondary N) is 1. The largest absolute Gasteiger partial charge is 0.755 e. The average molecular weight is 374 g/mol. The molecule has 9 heteroatoms. The Morgan fingerprint density at radius 2 is 2.09 bits per heavy atom. The Morgan fingerprint density at radius 3 is 2.70 bits per heavy atom. The van der Waals surface area contributed by atoms with Crippen molar-refractivity contribution in [3.63, 3.8) is 0 Å². The van der Waals surface area contributed by atoms with E-state index in [1.165, 1.54) is 18.2 Å². The molecule has 0 aliphatic heterocycles. The van der Waals surface area contributed by atoms with Gasteiger partial charge in [-0.25, -0.2) is 8.78 Å². The number of anilines is 1. The van der Waals surface area contributed by atoms with E-state index in [4.69, 9.17) is 16.9 Å². The SMILES string of the molecule is N#Cc1cc(CSc2ccc(F)cc2F)c(NS(=O)[O-])cc1Cl. The van der Waals surface area contributed by atoms with Crippen LogP contribution in [0.5, 0.6) is 0 Å². The second kappa shape index (κ2) is 7.75. The van der Waals surface area contributed by atoms with Gasteiger partial charge in [0, 0.05) is 28.0 Å². The van der Waals surface area contributed by atoms with Crippen molar-refractivity contribution in [3.05, 3.63) is 58.1 Å². The van der Waals surface area contributed by atoms with Crippen LogP contribution in [0.3, 0.4) is 0 Å². The van der Waals surface area contributed by atoms with Gasteiger partial charge in [0.2, 0.25) is 0 Å². The van der Waals surface area contributed by atoms with Crippen LogP contribution in [0.2, 0.25) is 5.02 Å². The van der Waals surface area contributed by atoms with Gasteiger partial charge in [-0.2, -0.15) is 5.26 Å². The molecular weight excluding hydrogens is 366 g/mol. The Bertz CT molecular complexity index is 812. The molecule has 1 atom stereocenters. The molecule has 4 nitrogen and oxygen atoms in total. The number of halogens is 3. The van der Waals surface area contributed by atoms with Gasteiger partial charge in [0.25, 0.3) is 0 Å². The minimum atomic E-state index is -2.57. The Labute approximate surface area is 142 Å². The van der Waals surface area contributed by atoms with Gasteiger partial charge >= 0.3 is 0 Å². The normalized spacial score (nSPS) is 11.8. The summed E-state index contributed by atoms with van der Waals surface area (Å²) in [5.74, 6) is -1.24. The molecule has 1 unspecified atom stereocenters. The van der Waals surface area contributed by atoms with Gasteiger partial charge < -0.3 is 9.27 Å². The molecule has 2 aromatic carbocycles. The minimum absolute atomic E-state index is 0.0992. The second-order valence-electron chi connectivity index (χ2n) is 4.30. The van der Waals surface area contributed by atoms with E-state index in [-0.39, 0.29) is 26.9 Å². The van der Waals surface area contributed by atoms with Crippen LogP contribution in [0.4, 0.5) is 14.5 Å². The van der Waals surface area contributed by atoms with Gasteiger partial charge in [-0.1, -0.05) is 11.6 Å². The summed E-state index contributed by atoms with van der Waals surface area (Å²) in [6.07, 6.45) is 0. The zero-order chi connectivity index (χ0) is 17.0. The molecule has 23 heavy (non-hydrogen) atoms. The van der Waals surface area contributed by atoms with E-state index < -0.39 is 22.9 Å². The van der Waals surface area contributed by atoms with E-state index in [0.29, 0.717) is 5.56 Å². The van der Waals surface area contributed by atoms with Crippen LogP contribution in [-0.2, 0) is 17.0 Å². The minimum Gasteiger partial charge on any atom is -0.755 e. The lowest BCUT2D eigenvalue weighted by Crippen LogP contribution is -2.05. The van der Waals surface area contributed by atoms with Gasteiger partial charge in [0.1, 0.15) is 17.7 Å². The second-order valence-corrected chi connectivity index (χ2v) is 6.40. The summed E-state index contributed by atoms with van der Waals surface area (Å²) >= 11 is 4.34. The predicted molar refractivity (Wildman–Crippen MR) is 84.6 cm³/mol. The zero-order valence-electron chi connectivity index (χ0n) is 11.3. The third kappa shape index (κ3) is 4.65. The maximum Gasteiger partial charge on any atom is 0.139 e. The summed E-state index contributed by atoms with van der Waals surface area (Å²) in [6, 6.07) is 7.79. The van der Waals surface area contributed by atoms with Gasteiger partial charge in [0.15, 0.2) is 0 Å². The molecule has 0 saturated heterocycles. The van der Waals surface area contributed by atoms with Crippen LogP contribution in [0, 0.1) is 23.0 Å². The molecule has 0 fully saturated rings. The molecule has 0 spiro atoms. The molecule has 2 rings (SSSR count). The van der Waals surface area contributed by atoms with Crippen LogP contribution < -0.4 is 4.72 Å². The fourth-order valence-corrected chi connectivity index (χ4v) is 3.24. The summed E-state index contributed by atoms with van der Waals surface area (Å²) in [7, 11) is 0. The van der Waals surface area contributed by atoms with Gasteiger partial charge in [0.05, 0.1) is 16.3 Å². The van der Waals surface area contributed by atoms with Crippen molar-refractivity contribution in [1.29, 1.82) is 5.26 Å². The first-order valence-electron chi connectivity index (χ1n) is 6.07. The van der Waals surface area contributed by atoms with Crippen LogP contribution >= 0.6 is 23.4 Å². The summed E-state index contributed by atoms with van der Waals surface area (Å²) in [5, 5.41) is 9.09. The summed E-state index contributed by atoms with van der Waals surface area (Å²) in [6.45, 7) is 0. The fourth-order valence-electron chi connectivity index (χ4n) is 1.76. The number of nitrogens with zero attached hydrogens (tertiary/aromatic N) is 1. The predicted octanol–water partition coefficient (Wildman–Crippen LogP) is 3.99. The highest BCUT2D eigenvalue weighted by molar-refractivity contribution is 7.98. The highest BCUT2D eigenvalue weighted by Gasteiger charge is 2.11. The number of hydrogen-bond acceptors (Lipinski definition) is 4. The van der Waals surface area contributed by atoms with Crippen molar-refractivity contribution in [2.24, 2.45) is 0 Å². The molecular formula is C14H8ClF2N2O2S2-. The van der Waals surface area contributed by atoms with Crippen LogP contribution in [-0.4, -0.2) is 8.76 Å². The number of benzene rings is 2. The van der Waals surface area contributed by atoms with Crippen molar-refractivity contribution in [3.8, 4) is 6.07 Å². The first-order valence-corrected chi connectivity index (χ1v) is 8.51. The van der Waals surface area contributed by atoms with Crippen LogP contribution in [0.25, 0.3) is 0 Å². The number of thioether (sulfide) groups is 1. The van der Waals surface area contributed by atoms with Gasteiger partial charge in [-0.3, -0.25) is 4.21 Å². The Kier molecular flexibility index (Phi) is 5.96. The third-order valence-corrected chi connectivity index (χ3v) is 4.58. The molecule has 0 saturated carbocycles. The maximum atomic E-state index is 13.6. The quantitative estimate of drug-likeness (QED) is 0.635. The van der Waals surface area contributed by atoms with Crippen molar-refractivity contribution >= 4 is 40.3 Å². The molecule has 1 N–H and O–H groups in total. The zero-order valence-corrected chi connectivity index (χ0v) is 13.7. The Balaban J connectivity index is 2.30. The molecule has 2 aromatic rings. The smallest absolute Gasteiger partial charge is 0.139 e. The molecule has 0 amide bonds. The lowest BCUT2D eigenvalue weighted by molar-refractivity contribution is 0.542. The third-order valence-electron chi connectivity index (χ3n) is 2.78. The first-order chi connectivity index (χ1) is 10.9. The maximum absolute atomic E-state index is 13.6. The molecule has 0 heterocycles. The van der Waals surface area contributed by atoms with Crippen molar-refractivity contribution in [2.45, 2.75) is 10.6 Å². The van der Waals surface area contributed by atoms with E-state index in [2.05, 4.69) is 4.72 Å². The van der Waals surface area contributed by atoms with Crippen molar-refractivity contribution < 1.29 is 17.5 Å². The summed E-state index contributed by atoms with van der Waals surface area (Å²) in [5.41, 5.74) is 0.810. The van der Waals surface area contributed by atoms with Gasteiger partial charge in [-0.15, -0.1) is 11.8 Å². The van der Waals surface area contributed by atoms with Crippen LogP contribution in [0.1, 0.15) is 11.1 Å². The standard InChI is InChI=1S/C14H9ClF2N2O2S2/c15-11-5-13(19-23(20)21)9(3-8(11)6-18)7-22-14-2-1-10(16)4-12(14)17/h1-5,19H,7H2,(H,20,21)/p-1. The lowest BCUT2D eigenvalue weighted by Gasteiger charge is -2.15. The monoisotopic (exact) mass is 373 g/mol. The molecule has 120 valence electrons. The van der Waals surface area contributed by atoms with E-state index >= 15 is 0 Å². The van der Waals surface area contributed by atoms with E-state index in [9.17, 15) is 17.5 Å². The lowest BCUT2D eigenvalue weighted by atomic mass is 10.1. The molecule has 0 aromatic heterocycles. The molecule has 0 aliphatic carbocycles. The van der Waals surface area contributed by atoms with E-state index in [1.54, 1.807) is 0 Å². The number of hydrogen-bond donors (Lipinski definition) is 1. The first kappa shape index (κ1) is 17.7. The van der Waals surface area contributed by atoms with E-state index in [1.807, 2.05) is 6.07 Å². The van der Waals surface area contributed by atoms with Crippen molar-refractivity contribution in [1.82, 2.24) is 0 Å². The highest BCUT2D eigenvalue weighted by atomic mass is 35.5. The summed E-state index contributed by atoms with van der Waals surface area (Å²) < 4.78 is 50.3. The number of nitriles is 1. The summed E-state index contributed by atoms with van der Waals surface area (Å²) in [4.78, 5) is 0.203. The average Bonchev–Trinajstić information content (AvgIpc) is 2.47. The highest BCUT2D eigenvalue weighted by Crippen LogP contribution is 2.32. The van der Waals surface area contributed by atoms with Crippen LogP contribution in [0.15, 0.2) is 35.2 Å². The Morgan fingerprint density at radius 1 is 1.35 bits per heavy atom. The molecule has 0 aliphatic rings. The van der Waals surface area contributed by atoms with Crippen molar-refractivity contribution in [2.75, 3.05) is 4.72 Å². The molecule has 0 radical (unpaired) electrons. The Hall–Kier alpha value is -1.66. The molecule has 0 bridgehead atoms.